The molecule has 6 rings (SSSR count). The Morgan fingerprint density at radius 3 is 2.97 bits per heavy atom. The molecular formula is C22H16FN7O2. The molecule has 6 heterocycles. The summed E-state index contributed by atoms with van der Waals surface area (Å²) < 4.78 is 21.5. The van der Waals surface area contributed by atoms with Crippen LogP contribution in [0.5, 0.6) is 0 Å². The molecule has 1 amide bonds. The minimum absolute atomic E-state index is 0.0876. The van der Waals surface area contributed by atoms with E-state index < -0.39 is 11.9 Å². The van der Waals surface area contributed by atoms with Crippen LogP contribution >= 0.6 is 0 Å². The summed E-state index contributed by atoms with van der Waals surface area (Å²) in [6, 6.07) is 9.36. The summed E-state index contributed by atoms with van der Waals surface area (Å²) in [6.45, 7) is 0.411. The van der Waals surface area contributed by atoms with Gasteiger partial charge < -0.3 is 14.3 Å². The number of imidazole rings is 1. The van der Waals surface area contributed by atoms with Crippen molar-refractivity contribution in [1.82, 2.24) is 34.4 Å². The molecule has 32 heavy (non-hydrogen) atoms. The molecule has 1 unspecified atom stereocenters. The summed E-state index contributed by atoms with van der Waals surface area (Å²) in [6.07, 6.45) is 6.88. The second-order valence-corrected chi connectivity index (χ2v) is 7.42. The van der Waals surface area contributed by atoms with Crippen molar-refractivity contribution in [3.05, 3.63) is 90.0 Å². The van der Waals surface area contributed by atoms with Gasteiger partial charge in [0.2, 0.25) is 11.7 Å². The predicted molar refractivity (Wildman–Crippen MR) is 110 cm³/mol. The Labute approximate surface area is 180 Å². The molecule has 1 N–H and O–H groups in total. The molecule has 0 spiro atoms. The van der Waals surface area contributed by atoms with E-state index in [4.69, 9.17) is 4.42 Å². The van der Waals surface area contributed by atoms with Crippen LogP contribution in [0.4, 0.5) is 4.39 Å². The third-order valence-corrected chi connectivity index (χ3v) is 5.54. The number of nitrogens with zero attached hydrogens (tertiary/aromatic N) is 6. The molecule has 9 nitrogen and oxygen atoms in total. The topological polar surface area (TPSA) is 105 Å². The highest BCUT2D eigenvalue weighted by Gasteiger charge is 2.37. The van der Waals surface area contributed by atoms with Gasteiger partial charge in [0.05, 0.1) is 23.9 Å². The number of hydrogen-bond acceptors (Lipinski definition) is 6. The van der Waals surface area contributed by atoms with Crippen LogP contribution in [0.1, 0.15) is 33.7 Å². The van der Waals surface area contributed by atoms with Crippen LogP contribution in [-0.2, 0) is 6.42 Å². The summed E-state index contributed by atoms with van der Waals surface area (Å²) in [7, 11) is 0. The van der Waals surface area contributed by atoms with Gasteiger partial charge >= 0.3 is 0 Å². The zero-order valence-electron chi connectivity index (χ0n) is 16.6. The number of halogens is 1. The fraction of sp³-hybridized carbons (Fsp3) is 0.136. The van der Waals surface area contributed by atoms with Gasteiger partial charge in [0.1, 0.15) is 23.1 Å². The zero-order chi connectivity index (χ0) is 21.7. The van der Waals surface area contributed by atoms with Crippen LogP contribution in [0.15, 0.2) is 65.7 Å². The second kappa shape index (κ2) is 7.12. The SMILES string of the molecule is O=C(c1cnc(-c2ccccn2)o1)N1CCc2[nH]cnc2C1c1cc2c(F)cccn2n1. The normalized spacial score (nSPS) is 15.8. The standard InChI is InChI=1S/C22H16FN7O2/c23-13-4-3-8-30-17(13)10-16(28-30)20-19-14(26-12-27-19)6-9-29(20)22(31)18-11-25-21(32-18)15-5-1-2-7-24-15/h1-5,7-8,10-12,20H,6,9H2,(H,26,27). The van der Waals surface area contributed by atoms with Crippen LogP contribution in [0.3, 0.4) is 0 Å². The average molecular weight is 429 g/mol. The summed E-state index contributed by atoms with van der Waals surface area (Å²) in [5, 5.41) is 4.53. The van der Waals surface area contributed by atoms with Crippen molar-refractivity contribution in [2.24, 2.45) is 0 Å². The van der Waals surface area contributed by atoms with Crippen molar-refractivity contribution in [3.8, 4) is 11.6 Å². The molecule has 0 aliphatic carbocycles. The first-order valence-corrected chi connectivity index (χ1v) is 10.0. The molecular weight excluding hydrogens is 413 g/mol. The lowest BCUT2D eigenvalue weighted by atomic mass is 9.99. The number of rotatable bonds is 3. The number of carbonyl (C=O) groups excluding carboxylic acids is 1. The van der Waals surface area contributed by atoms with Crippen molar-refractivity contribution in [1.29, 1.82) is 0 Å². The number of aromatic amines is 1. The smallest absolute Gasteiger partial charge is 0.292 e. The van der Waals surface area contributed by atoms with Gasteiger partial charge in [-0.05, 0) is 30.3 Å². The third kappa shape index (κ3) is 2.88. The van der Waals surface area contributed by atoms with Crippen molar-refractivity contribution >= 4 is 11.4 Å². The van der Waals surface area contributed by atoms with E-state index in [-0.39, 0.29) is 17.6 Å². The number of oxazole rings is 1. The first-order valence-electron chi connectivity index (χ1n) is 10.0. The fourth-order valence-corrected chi connectivity index (χ4v) is 4.05. The highest BCUT2D eigenvalue weighted by Crippen LogP contribution is 2.34. The molecule has 0 fully saturated rings. The minimum Gasteiger partial charge on any atom is -0.429 e. The third-order valence-electron chi connectivity index (χ3n) is 5.54. The molecule has 5 aromatic rings. The largest absolute Gasteiger partial charge is 0.429 e. The second-order valence-electron chi connectivity index (χ2n) is 7.42. The Hall–Kier alpha value is -4.34. The minimum atomic E-state index is -0.597. The Balaban J connectivity index is 1.41. The van der Waals surface area contributed by atoms with Crippen LogP contribution in [0, 0.1) is 5.82 Å². The molecule has 0 aromatic carbocycles. The Morgan fingerprint density at radius 2 is 2.12 bits per heavy atom. The summed E-state index contributed by atoms with van der Waals surface area (Å²) in [4.78, 5) is 31.1. The first-order chi connectivity index (χ1) is 15.7. The van der Waals surface area contributed by atoms with E-state index in [9.17, 15) is 9.18 Å². The molecule has 0 saturated heterocycles. The molecule has 10 heteroatoms. The molecule has 0 bridgehead atoms. The molecule has 1 aliphatic rings. The molecule has 5 aromatic heterocycles. The van der Waals surface area contributed by atoms with E-state index in [2.05, 4.69) is 25.0 Å². The Bertz CT molecular complexity index is 1440. The van der Waals surface area contributed by atoms with E-state index in [0.29, 0.717) is 35.6 Å². The number of aromatic nitrogens is 6. The average Bonchev–Trinajstić information content (AvgIpc) is 3.58. The Morgan fingerprint density at radius 1 is 1.19 bits per heavy atom. The van der Waals surface area contributed by atoms with Gasteiger partial charge in [-0.15, -0.1) is 0 Å². The van der Waals surface area contributed by atoms with E-state index >= 15 is 0 Å². The van der Waals surface area contributed by atoms with Gasteiger partial charge in [0.25, 0.3) is 5.91 Å². The predicted octanol–water partition coefficient (Wildman–Crippen LogP) is 3.03. The lowest BCUT2D eigenvalue weighted by Crippen LogP contribution is -2.40. The van der Waals surface area contributed by atoms with Crippen LogP contribution < -0.4 is 0 Å². The zero-order valence-corrected chi connectivity index (χ0v) is 16.6. The Kier molecular flexibility index (Phi) is 4.10. The number of H-pyrrole nitrogens is 1. The number of nitrogens with one attached hydrogen (secondary N) is 1. The quantitative estimate of drug-likeness (QED) is 0.473. The van der Waals surface area contributed by atoms with Gasteiger partial charge in [-0.3, -0.25) is 9.78 Å². The van der Waals surface area contributed by atoms with E-state index in [1.807, 2.05) is 6.07 Å². The number of pyridine rings is 2. The van der Waals surface area contributed by atoms with Gasteiger partial charge in [-0.25, -0.2) is 18.9 Å². The summed E-state index contributed by atoms with van der Waals surface area (Å²) in [5.74, 6) is -0.393. The molecule has 158 valence electrons. The van der Waals surface area contributed by atoms with Gasteiger partial charge in [0, 0.05) is 31.1 Å². The number of fused-ring (bicyclic) bond motifs is 2. The van der Waals surface area contributed by atoms with Crippen LogP contribution in [-0.4, -0.2) is 46.9 Å². The van der Waals surface area contributed by atoms with E-state index in [1.165, 1.54) is 16.8 Å². The van der Waals surface area contributed by atoms with Crippen LogP contribution in [0.25, 0.3) is 17.1 Å². The van der Waals surface area contributed by atoms with Gasteiger partial charge in [-0.1, -0.05) is 6.07 Å². The number of hydrogen-bond donors (Lipinski definition) is 1. The first kappa shape index (κ1) is 18.4. The molecule has 1 atom stereocenters. The van der Waals surface area contributed by atoms with E-state index in [0.717, 1.165) is 5.69 Å². The van der Waals surface area contributed by atoms with Crippen LogP contribution in [0.2, 0.25) is 0 Å². The van der Waals surface area contributed by atoms with Crippen molar-refractivity contribution in [2.45, 2.75) is 12.5 Å². The maximum absolute atomic E-state index is 14.3. The fourth-order valence-electron chi connectivity index (χ4n) is 4.05. The highest BCUT2D eigenvalue weighted by atomic mass is 19.1. The molecule has 1 aliphatic heterocycles. The van der Waals surface area contributed by atoms with Gasteiger partial charge in [0.15, 0.2) is 0 Å². The number of amides is 1. The summed E-state index contributed by atoms with van der Waals surface area (Å²) >= 11 is 0. The maximum atomic E-state index is 14.3. The van der Waals surface area contributed by atoms with Crippen molar-refractivity contribution in [3.63, 3.8) is 0 Å². The molecule has 0 radical (unpaired) electrons. The monoisotopic (exact) mass is 429 g/mol. The number of carbonyl (C=O) groups is 1. The van der Waals surface area contributed by atoms with Gasteiger partial charge in [-0.2, -0.15) is 5.10 Å². The van der Waals surface area contributed by atoms with E-state index in [1.54, 1.807) is 47.9 Å². The van der Waals surface area contributed by atoms with Crippen molar-refractivity contribution in [2.75, 3.05) is 6.54 Å². The molecule has 0 saturated carbocycles. The maximum Gasteiger partial charge on any atom is 0.292 e. The lowest BCUT2D eigenvalue weighted by Gasteiger charge is -2.33. The lowest BCUT2D eigenvalue weighted by molar-refractivity contribution is 0.0655. The van der Waals surface area contributed by atoms with Crippen molar-refractivity contribution < 1.29 is 13.6 Å². The summed E-state index contributed by atoms with van der Waals surface area (Å²) in [5.41, 5.74) is 2.98. The highest BCUT2D eigenvalue weighted by molar-refractivity contribution is 5.92.